The number of aromatic nitrogens is 3. The first kappa shape index (κ1) is 13.9. The molecule has 1 N–H and O–H groups in total. The van der Waals surface area contributed by atoms with E-state index in [2.05, 4.69) is 15.3 Å². The van der Waals surface area contributed by atoms with Crippen LogP contribution in [0.5, 0.6) is 0 Å². The lowest BCUT2D eigenvalue weighted by molar-refractivity contribution is -0.384. The van der Waals surface area contributed by atoms with Gasteiger partial charge in [0, 0.05) is 35.6 Å². The monoisotopic (exact) mass is 315 g/mol. The Hall–Kier alpha value is -3.07. The van der Waals surface area contributed by atoms with Gasteiger partial charge in [0.1, 0.15) is 5.69 Å². The third-order valence-corrected chi connectivity index (χ3v) is 3.56. The largest absolute Gasteiger partial charge is 0.300 e. The molecule has 0 fully saturated rings. The van der Waals surface area contributed by atoms with Gasteiger partial charge in [0.25, 0.3) is 11.6 Å². The van der Waals surface area contributed by atoms with Crippen LogP contribution in [0.3, 0.4) is 0 Å². The van der Waals surface area contributed by atoms with E-state index in [1.807, 2.05) is 0 Å². The van der Waals surface area contributed by atoms with Crippen molar-refractivity contribution < 1.29 is 9.72 Å². The smallest absolute Gasteiger partial charge is 0.294 e. The number of carbonyl (C=O) groups is 1. The number of hydrogen-bond acceptors (Lipinski definition) is 6. The Morgan fingerprint density at radius 1 is 1.36 bits per heavy atom. The van der Waals surface area contributed by atoms with Gasteiger partial charge in [-0.1, -0.05) is 0 Å². The Morgan fingerprint density at radius 2 is 2.23 bits per heavy atom. The van der Waals surface area contributed by atoms with Crippen LogP contribution >= 0.6 is 11.3 Å². The highest BCUT2D eigenvalue weighted by Crippen LogP contribution is 2.24. The van der Waals surface area contributed by atoms with E-state index in [1.54, 1.807) is 17.8 Å². The van der Waals surface area contributed by atoms with Gasteiger partial charge in [-0.15, -0.1) is 11.3 Å². The molecule has 0 aliphatic heterocycles. The first-order valence-corrected chi connectivity index (χ1v) is 7.01. The summed E-state index contributed by atoms with van der Waals surface area (Å²) in [6, 6.07) is 4.26. The summed E-state index contributed by atoms with van der Waals surface area (Å²) in [5.41, 5.74) is 0.351. The van der Waals surface area contributed by atoms with Gasteiger partial charge >= 0.3 is 0 Å². The van der Waals surface area contributed by atoms with Crippen LogP contribution in [0.15, 0.2) is 48.5 Å². The second kappa shape index (κ2) is 5.74. The van der Waals surface area contributed by atoms with Crippen LogP contribution in [0.4, 0.5) is 10.8 Å². The minimum Gasteiger partial charge on any atom is -0.300 e. The lowest BCUT2D eigenvalue weighted by atomic mass is 10.1. The number of carbonyl (C=O) groups excluding carboxylic acids is 1. The Bertz CT molecular complexity index is 814. The van der Waals surface area contributed by atoms with E-state index in [0.717, 1.165) is 0 Å². The number of rotatable bonds is 4. The highest BCUT2D eigenvalue weighted by atomic mass is 32.1. The molecule has 8 nitrogen and oxygen atoms in total. The zero-order chi connectivity index (χ0) is 15.5. The zero-order valence-electron chi connectivity index (χ0n) is 11.0. The van der Waals surface area contributed by atoms with Crippen LogP contribution in [-0.2, 0) is 0 Å². The molecule has 3 rings (SSSR count). The van der Waals surface area contributed by atoms with Crippen LogP contribution in [0.1, 0.15) is 10.4 Å². The molecule has 2 heterocycles. The van der Waals surface area contributed by atoms with Crippen LogP contribution in [0.25, 0.3) is 5.69 Å². The standard InChI is InChI=1S/C13H9N5O3S/c19-12(16-13-15-4-6-22-13)9-1-2-10(11(7-9)18(20)21)17-5-3-14-8-17/h1-8H,(H,15,16,19). The maximum absolute atomic E-state index is 12.1. The van der Waals surface area contributed by atoms with Gasteiger partial charge < -0.3 is 4.57 Å². The van der Waals surface area contributed by atoms with Crippen molar-refractivity contribution in [3.05, 3.63) is 64.2 Å². The van der Waals surface area contributed by atoms with E-state index in [0.29, 0.717) is 10.8 Å². The second-order valence-electron chi connectivity index (χ2n) is 4.22. The summed E-state index contributed by atoms with van der Waals surface area (Å²) in [7, 11) is 0. The number of hydrogen-bond donors (Lipinski definition) is 1. The fourth-order valence-corrected chi connectivity index (χ4v) is 2.41. The molecule has 9 heteroatoms. The van der Waals surface area contributed by atoms with Gasteiger partial charge in [-0.2, -0.15) is 0 Å². The summed E-state index contributed by atoms with van der Waals surface area (Å²) in [5.74, 6) is -0.449. The number of amides is 1. The number of nitro groups is 1. The van der Waals surface area contributed by atoms with Crippen molar-refractivity contribution in [1.82, 2.24) is 14.5 Å². The van der Waals surface area contributed by atoms with E-state index in [9.17, 15) is 14.9 Å². The van der Waals surface area contributed by atoms with Gasteiger partial charge in [-0.05, 0) is 12.1 Å². The molecule has 1 amide bonds. The van der Waals surface area contributed by atoms with E-state index >= 15 is 0 Å². The highest BCUT2D eigenvalue weighted by Gasteiger charge is 2.19. The number of nitro benzene ring substituents is 1. The number of nitrogens with zero attached hydrogens (tertiary/aromatic N) is 4. The molecule has 0 atom stereocenters. The molecule has 0 radical (unpaired) electrons. The fourth-order valence-electron chi connectivity index (χ4n) is 1.89. The quantitative estimate of drug-likeness (QED) is 0.588. The number of nitrogens with one attached hydrogen (secondary N) is 1. The summed E-state index contributed by atoms with van der Waals surface area (Å²) in [5, 5.41) is 16.0. The number of imidazole rings is 1. The molecule has 0 saturated heterocycles. The van der Waals surface area contributed by atoms with Crippen LogP contribution < -0.4 is 5.32 Å². The van der Waals surface area contributed by atoms with Crippen molar-refractivity contribution in [2.45, 2.75) is 0 Å². The van der Waals surface area contributed by atoms with Crippen molar-refractivity contribution in [3.63, 3.8) is 0 Å². The van der Waals surface area contributed by atoms with Gasteiger partial charge in [0.2, 0.25) is 0 Å². The number of anilines is 1. The first-order chi connectivity index (χ1) is 10.6. The van der Waals surface area contributed by atoms with Crippen molar-refractivity contribution >= 4 is 28.1 Å². The molecule has 0 aliphatic rings. The maximum Gasteiger partial charge on any atom is 0.294 e. The zero-order valence-corrected chi connectivity index (χ0v) is 11.9. The van der Waals surface area contributed by atoms with Crippen LogP contribution in [0, 0.1) is 10.1 Å². The fraction of sp³-hybridized carbons (Fsp3) is 0. The van der Waals surface area contributed by atoms with E-state index in [4.69, 9.17) is 0 Å². The van der Waals surface area contributed by atoms with Gasteiger partial charge in [0.05, 0.1) is 11.3 Å². The summed E-state index contributed by atoms with van der Waals surface area (Å²) in [6.45, 7) is 0. The SMILES string of the molecule is O=C(Nc1nccs1)c1ccc(-n2ccnc2)c([N+](=O)[O-])c1. The molecule has 1 aromatic carbocycles. The van der Waals surface area contributed by atoms with Crippen LogP contribution in [-0.4, -0.2) is 25.4 Å². The van der Waals surface area contributed by atoms with Crippen molar-refractivity contribution in [2.24, 2.45) is 0 Å². The molecule has 3 aromatic rings. The molecule has 0 unspecified atom stereocenters. The van der Waals surface area contributed by atoms with E-state index in [1.165, 1.54) is 46.6 Å². The Labute approximate surface area is 128 Å². The molecule has 0 aliphatic carbocycles. The summed E-state index contributed by atoms with van der Waals surface area (Å²) < 4.78 is 1.51. The predicted octanol–water partition coefficient (Wildman–Crippen LogP) is 2.49. The lowest BCUT2D eigenvalue weighted by Gasteiger charge is -2.06. The third-order valence-electron chi connectivity index (χ3n) is 2.87. The number of thiazole rings is 1. The topological polar surface area (TPSA) is 103 Å². The minimum atomic E-state index is -0.532. The first-order valence-electron chi connectivity index (χ1n) is 6.13. The average Bonchev–Trinajstić information content (AvgIpc) is 3.19. The third kappa shape index (κ3) is 2.69. The maximum atomic E-state index is 12.1. The highest BCUT2D eigenvalue weighted by molar-refractivity contribution is 7.13. The molecule has 22 heavy (non-hydrogen) atoms. The lowest BCUT2D eigenvalue weighted by Crippen LogP contribution is -2.12. The van der Waals surface area contributed by atoms with Crippen molar-refractivity contribution in [1.29, 1.82) is 0 Å². The van der Waals surface area contributed by atoms with E-state index < -0.39 is 10.8 Å². The second-order valence-corrected chi connectivity index (χ2v) is 5.12. The number of benzene rings is 1. The van der Waals surface area contributed by atoms with E-state index in [-0.39, 0.29) is 11.3 Å². The Kier molecular flexibility index (Phi) is 3.62. The normalized spacial score (nSPS) is 10.4. The predicted molar refractivity (Wildman–Crippen MR) is 80.3 cm³/mol. The molecular weight excluding hydrogens is 306 g/mol. The Balaban J connectivity index is 1.95. The minimum absolute atomic E-state index is 0.176. The van der Waals surface area contributed by atoms with Gasteiger partial charge in [-0.25, -0.2) is 9.97 Å². The molecule has 0 bridgehead atoms. The summed E-state index contributed by atoms with van der Waals surface area (Å²) in [4.78, 5) is 30.6. The molecular formula is C13H9N5O3S. The van der Waals surface area contributed by atoms with Crippen LogP contribution in [0.2, 0.25) is 0 Å². The molecule has 2 aromatic heterocycles. The Morgan fingerprint density at radius 3 is 2.86 bits per heavy atom. The summed E-state index contributed by atoms with van der Waals surface area (Å²) >= 11 is 1.27. The van der Waals surface area contributed by atoms with Gasteiger partial charge in [-0.3, -0.25) is 20.2 Å². The molecule has 0 saturated carbocycles. The van der Waals surface area contributed by atoms with Gasteiger partial charge in [0.15, 0.2) is 5.13 Å². The van der Waals surface area contributed by atoms with Crippen molar-refractivity contribution in [3.8, 4) is 5.69 Å². The molecule has 0 spiro atoms. The van der Waals surface area contributed by atoms with Crippen molar-refractivity contribution in [2.75, 3.05) is 5.32 Å². The molecule has 110 valence electrons. The summed E-state index contributed by atoms with van der Waals surface area (Å²) in [6.07, 6.45) is 6.13. The average molecular weight is 315 g/mol.